The van der Waals surface area contributed by atoms with Crippen LogP contribution in [-0.4, -0.2) is 23.8 Å². The van der Waals surface area contributed by atoms with Gasteiger partial charge in [-0.2, -0.15) is 0 Å². The van der Waals surface area contributed by atoms with Crippen LogP contribution in [0.1, 0.15) is 57.8 Å². The second kappa shape index (κ2) is 5.86. The van der Waals surface area contributed by atoms with Gasteiger partial charge in [0, 0.05) is 12.0 Å². The summed E-state index contributed by atoms with van der Waals surface area (Å²) >= 11 is 0. The first-order valence-electron chi connectivity index (χ1n) is 6.79. The molecule has 2 N–H and O–H groups in total. The van der Waals surface area contributed by atoms with Gasteiger partial charge in [-0.25, -0.2) is 0 Å². The minimum absolute atomic E-state index is 0.0408. The van der Waals surface area contributed by atoms with Crippen molar-refractivity contribution in [3.8, 4) is 0 Å². The molecule has 0 radical (unpaired) electrons. The Morgan fingerprint density at radius 3 is 2.27 bits per heavy atom. The predicted molar refractivity (Wildman–Crippen MR) is 62.8 cm³/mol. The summed E-state index contributed by atoms with van der Waals surface area (Å²) < 4.78 is 0. The summed E-state index contributed by atoms with van der Waals surface area (Å²) in [7, 11) is 0. The van der Waals surface area contributed by atoms with Crippen molar-refractivity contribution in [1.82, 2.24) is 5.32 Å². The van der Waals surface area contributed by atoms with E-state index in [-0.39, 0.29) is 6.10 Å². The third kappa shape index (κ3) is 3.18. The Bertz CT molecular complexity index is 177. The molecular formula is C13H25NO. The molecule has 2 aliphatic rings. The zero-order valence-electron chi connectivity index (χ0n) is 9.75. The van der Waals surface area contributed by atoms with E-state index < -0.39 is 0 Å². The molecular weight excluding hydrogens is 186 g/mol. The molecule has 0 amide bonds. The van der Waals surface area contributed by atoms with Gasteiger partial charge in [-0.3, -0.25) is 0 Å². The van der Waals surface area contributed by atoms with Crippen LogP contribution in [0.4, 0.5) is 0 Å². The van der Waals surface area contributed by atoms with Gasteiger partial charge in [0.25, 0.3) is 0 Å². The smallest absolute Gasteiger partial charge is 0.0583 e. The highest BCUT2D eigenvalue weighted by Gasteiger charge is 2.29. The van der Waals surface area contributed by atoms with Gasteiger partial charge >= 0.3 is 0 Å². The number of hydrogen-bond acceptors (Lipinski definition) is 2. The largest absolute Gasteiger partial charge is 0.393 e. The van der Waals surface area contributed by atoms with Crippen LogP contribution in [0.3, 0.4) is 0 Å². The molecule has 15 heavy (non-hydrogen) atoms. The Balaban J connectivity index is 1.90. The van der Waals surface area contributed by atoms with Gasteiger partial charge in [-0.15, -0.1) is 0 Å². The van der Waals surface area contributed by atoms with Crippen molar-refractivity contribution in [2.24, 2.45) is 5.92 Å². The van der Waals surface area contributed by atoms with Crippen LogP contribution in [0.15, 0.2) is 0 Å². The predicted octanol–water partition coefficient (Wildman–Crippen LogP) is 2.46. The second-order valence-electron chi connectivity index (χ2n) is 5.28. The Labute approximate surface area is 93.5 Å². The molecule has 3 unspecified atom stereocenters. The molecule has 2 fully saturated rings. The van der Waals surface area contributed by atoms with Gasteiger partial charge < -0.3 is 10.4 Å². The Kier molecular flexibility index (Phi) is 4.45. The molecule has 2 heteroatoms. The fourth-order valence-corrected chi connectivity index (χ4v) is 3.21. The maximum absolute atomic E-state index is 10.2. The van der Waals surface area contributed by atoms with Crippen molar-refractivity contribution in [2.45, 2.75) is 69.9 Å². The summed E-state index contributed by atoms with van der Waals surface area (Å²) in [5, 5.41) is 13.8. The second-order valence-corrected chi connectivity index (χ2v) is 5.28. The third-order valence-corrected chi connectivity index (χ3v) is 4.15. The Morgan fingerprint density at radius 2 is 1.53 bits per heavy atom. The van der Waals surface area contributed by atoms with Gasteiger partial charge in [0.1, 0.15) is 0 Å². The molecule has 1 saturated carbocycles. The number of aliphatic hydroxyl groups excluding tert-OH is 1. The van der Waals surface area contributed by atoms with Crippen LogP contribution >= 0.6 is 0 Å². The van der Waals surface area contributed by atoms with Crippen molar-refractivity contribution in [3.05, 3.63) is 0 Å². The number of hydrogen-bond donors (Lipinski definition) is 2. The average molecular weight is 211 g/mol. The van der Waals surface area contributed by atoms with Gasteiger partial charge in [-0.1, -0.05) is 32.1 Å². The maximum atomic E-state index is 10.2. The number of piperidine rings is 1. The molecule has 0 aromatic carbocycles. The average Bonchev–Trinajstić information content (AvgIpc) is 2.25. The van der Waals surface area contributed by atoms with Crippen LogP contribution in [-0.2, 0) is 0 Å². The van der Waals surface area contributed by atoms with E-state index in [0.29, 0.717) is 12.0 Å². The van der Waals surface area contributed by atoms with E-state index in [0.717, 1.165) is 13.0 Å². The van der Waals surface area contributed by atoms with Gasteiger partial charge in [-0.05, 0) is 32.2 Å². The lowest BCUT2D eigenvalue weighted by atomic mass is 9.81. The van der Waals surface area contributed by atoms with Crippen LogP contribution < -0.4 is 5.32 Å². The van der Waals surface area contributed by atoms with Crippen LogP contribution in [0, 0.1) is 5.92 Å². The van der Waals surface area contributed by atoms with E-state index in [4.69, 9.17) is 0 Å². The third-order valence-electron chi connectivity index (χ3n) is 4.15. The highest BCUT2D eigenvalue weighted by atomic mass is 16.3. The Hall–Kier alpha value is -0.0800. The number of aliphatic hydroxyl groups is 1. The molecule has 2 nitrogen and oxygen atoms in total. The van der Waals surface area contributed by atoms with Crippen LogP contribution in [0.5, 0.6) is 0 Å². The van der Waals surface area contributed by atoms with E-state index in [2.05, 4.69) is 5.32 Å². The first kappa shape index (κ1) is 11.4. The SMILES string of the molecule is OC1CCCCCCC1C1CCCCN1. The monoisotopic (exact) mass is 211 g/mol. The molecule has 1 aliphatic carbocycles. The van der Waals surface area contributed by atoms with Crippen molar-refractivity contribution in [2.75, 3.05) is 6.54 Å². The summed E-state index contributed by atoms with van der Waals surface area (Å²) in [6, 6.07) is 0.604. The topological polar surface area (TPSA) is 32.3 Å². The molecule has 0 bridgehead atoms. The number of nitrogens with one attached hydrogen (secondary N) is 1. The summed E-state index contributed by atoms with van der Waals surface area (Å²) in [5.74, 6) is 0.533. The van der Waals surface area contributed by atoms with E-state index in [1.807, 2.05) is 0 Å². The molecule has 0 spiro atoms. The lowest BCUT2D eigenvalue weighted by Crippen LogP contribution is -2.45. The van der Waals surface area contributed by atoms with Crippen LogP contribution in [0.25, 0.3) is 0 Å². The summed E-state index contributed by atoms with van der Waals surface area (Å²) in [6.45, 7) is 1.16. The van der Waals surface area contributed by atoms with Crippen LogP contribution in [0.2, 0.25) is 0 Å². The van der Waals surface area contributed by atoms with Crippen molar-refractivity contribution in [1.29, 1.82) is 0 Å². The van der Waals surface area contributed by atoms with Gasteiger partial charge in [0.15, 0.2) is 0 Å². The summed E-state index contributed by atoms with van der Waals surface area (Å²) in [4.78, 5) is 0. The van der Waals surface area contributed by atoms with E-state index in [1.165, 1.54) is 51.4 Å². The fourth-order valence-electron chi connectivity index (χ4n) is 3.21. The summed E-state index contributed by atoms with van der Waals surface area (Å²) in [5.41, 5.74) is 0. The maximum Gasteiger partial charge on any atom is 0.0583 e. The minimum Gasteiger partial charge on any atom is -0.393 e. The molecule has 2 rings (SSSR count). The minimum atomic E-state index is -0.0408. The quantitative estimate of drug-likeness (QED) is 0.698. The normalized spacial score (nSPS) is 39.4. The zero-order chi connectivity index (χ0) is 10.5. The first-order chi connectivity index (χ1) is 7.38. The van der Waals surface area contributed by atoms with E-state index >= 15 is 0 Å². The summed E-state index contributed by atoms with van der Waals surface area (Å²) in [6.07, 6.45) is 11.4. The molecule has 88 valence electrons. The molecule has 1 saturated heterocycles. The molecule has 1 heterocycles. The molecule has 0 aromatic rings. The number of rotatable bonds is 1. The van der Waals surface area contributed by atoms with Crippen molar-refractivity contribution in [3.63, 3.8) is 0 Å². The molecule has 3 atom stereocenters. The molecule has 0 aromatic heterocycles. The zero-order valence-corrected chi connectivity index (χ0v) is 9.75. The lowest BCUT2D eigenvalue weighted by molar-refractivity contribution is 0.0552. The first-order valence-corrected chi connectivity index (χ1v) is 6.79. The standard InChI is InChI=1S/C13H25NO/c15-13-9-4-2-1-3-7-11(13)12-8-5-6-10-14-12/h11-15H,1-10H2. The van der Waals surface area contributed by atoms with E-state index in [1.54, 1.807) is 0 Å². The fraction of sp³-hybridized carbons (Fsp3) is 1.00. The van der Waals surface area contributed by atoms with Gasteiger partial charge in [0.2, 0.25) is 0 Å². The Morgan fingerprint density at radius 1 is 0.800 bits per heavy atom. The lowest BCUT2D eigenvalue weighted by Gasteiger charge is -2.35. The van der Waals surface area contributed by atoms with E-state index in [9.17, 15) is 5.11 Å². The van der Waals surface area contributed by atoms with Crippen molar-refractivity contribution >= 4 is 0 Å². The highest BCUT2D eigenvalue weighted by Crippen LogP contribution is 2.28. The highest BCUT2D eigenvalue weighted by molar-refractivity contribution is 4.85. The molecule has 1 aliphatic heterocycles. The van der Waals surface area contributed by atoms with Crippen molar-refractivity contribution < 1.29 is 5.11 Å². The van der Waals surface area contributed by atoms with Gasteiger partial charge in [0.05, 0.1) is 6.10 Å².